The first-order valence-corrected chi connectivity index (χ1v) is 5.87. The highest BCUT2D eigenvalue weighted by molar-refractivity contribution is 5.74. The van der Waals surface area contributed by atoms with Gasteiger partial charge in [-0.05, 0) is 24.7 Å². The van der Waals surface area contributed by atoms with Crippen LogP contribution in [0.3, 0.4) is 0 Å². The lowest BCUT2D eigenvalue weighted by Crippen LogP contribution is -2.34. The van der Waals surface area contributed by atoms with E-state index >= 15 is 0 Å². The summed E-state index contributed by atoms with van der Waals surface area (Å²) < 4.78 is 5.12. The smallest absolute Gasteiger partial charge is 0.310 e. The second-order valence-corrected chi connectivity index (χ2v) is 5.19. The summed E-state index contributed by atoms with van der Waals surface area (Å²) in [5.74, 6) is 0.609. The summed E-state index contributed by atoms with van der Waals surface area (Å²) in [6, 6.07) is 0. The Labute approximate surface area is 92.6 Å². The van der Waals surface area contributed by atoms with Gasteiger partial charge in [-0.1, -0.05) is 20.8 Å². The van der Waals surface area contributed by atoms with Crippen molar-refractivity contribution < 1.29 is 9.53 Å². The van der Waals surface area contributed by atoms with Crippen LogP contribution in [0.15, 0.2) is 0 Å². The molecular formula is C12H23NO2. The van der Waals surface area contributed by atoms with Crippen molar-refractivity contribution in [3.05, 3.63) is 0 Å². The largest absolute Gasteiger partial charge is 0.466 e. The molecule has 3 heteroatoms. The van der Waals surface area contributed by atoms with Crippen LogP contribution < -0.4 is 5.32 Å². The Kier molecular flexibility index (Phi) is 4.14. The molecule has 1 aliphatic rings. The molecule has 0 aliphatic carbocycles. The molecule has 1 aliphatic heterocycles. The SMILES string of the molecule is CCOC(=O)C1CNCC1(C)CC(C)C. The highest BCUT2D eigenvalue weighted by Gasteiger charge is 2.44. The lowest BCUT2D eigenvalue weighted by molar-refractivity contribution is -0.151. The van der Waals surface area contributed by atoms with Crippen LogP contribution in [-0.2, 0) is 9.53 Å². The number of ether oxygens (including phenoxy) is 1. The van der Waals surface area contributed by atoms with E-state index in [9.17, 15) is 4.79 Å². The first-order chi connectivity index (χ1) is 6.99. The molecule has 2 atom stereocenters. The number of hydrogen-bond acceptors (Lipinski definition) is 3. The third kappa shape index (κ3) is 2.94. The van der Waals surface area contributed by atoms with Crippen LogP contribution in [0.1, 0.15) is 34.1 Å². The van der Waals surface area contributed by atoms with Crippen LogP contribution in [0.2, 0.25) is 0 Å². The van der Waals surface area contributed by atoms with E-state index in [1.165, 1.54) is 0 Å². The minimum Gasteiger partial charge on any atom is -0.466 e. The van der Waals surface area contributed by atoms with Crippen molar-refractivity contribution in [1.29, 1.82) is 0 Å². The van der Waals surface area contributed by atoms with Gasteiger partial charge in [0, 0.05) is 13.1 Å². The van der Waals surface area contributed by atoms with Crippen molar-refractivity contribution in [3.8, 4) is 0 Å². The molecule has 0 aromatic heterocycles. The van der Waals surface area contributed by atoms with Gasteiger partial charge in [-0.15, -0.1) is 0 Å². The third-order valence-electron chi connectivity index (χ3n) is 3.16. The Hall–Kier alpha value is -0.570. The van der Waals surface area contributed by atoms with Crippen molar-refractivity contribution in [2.75, 3.05) is 19.7 Å². The lowest BCUT2D eigenvalue weighted by Gasteiger charge is -2.30. The summed E-state index contributed by atoms with van der Waals surface area (Å²) in [5.41, 5.74) is 0.0699. The zero-order valence-electron chi connectivity index (χ0n) is 10.3. The Bertz CT molecular complexity index is 228. The van der Waals surface area contributed by atoms with E-state index in [1.54, 1.807) is 0 Å². The van der Waals surface area contributed by atoms with Gasteiger partial charge in [0.2, 0.25) is 0 Å². The van der Waals surface area contributed by atoms with E-state index in [0.29, 0.717) is 12.5 Å². The quantitative estimate of drug-likeness (QED) is 0.724. The molecule has 1 saturated heterocycles. The normalized spacial score (nSPS) is 30.9. The molecule has 15 heavy (non-hydrogen) atoms. The van der Waals surface area contributed by atoms with E-state index < -0.39 is 0 Å². The summed E-state index contributed by atoms with van der Waals surface area (Å²) in [4.78, 5) is 11.8. The van der Waals surface area contributed by atoms with Crippen LogP contribution in [0.4, 0.5) is 0 Å². The molecule has 1 heterocycles. The number of carbonyl (C=O) groups excluding carboxylic acids is 1. The van der Waals surface area contributed by atoms with Gasteiger partial charge < -0.3 is 10.1 Å². The number of nitrogens with one attached hydrogen (secondary N) is 1. The maximum Gasteiger partial charge on any atom is 0.310 e. The predicted molar refractivity (Wildman–Crippen MR) is 60.6 cm³/mol. The molecule has 1 rings (SSSR count). The molecule has 3 nitrogen and oxygen atoms in total. The molecule has 0 aromatic rings. The first-order valence-electron chi connectivity index (χ1n) is 5.87. The Balaban J connectivity index is 2.66. The predicted octanol–water partition coefficient (Wildman–Crippen LogP) is 1.82. The topological polar surface area (TPSA) is 38.3 Å². The van der Waals surface area contributed by atoms with Crippen LogP contribution in [-0.4, -0.2) is 25.7 Å². The van der Waals surface area contributed by atoms with E-state index in [4.69, 9.17) is 4.74 Å². The van der Waals surface area contributed by atoms with Gasteiger partial charge >= 0.3 is 5.97 Å². The van der Waals surface area contributed by atoms with Gasteiger partial charge in [-0.3, -0.25) is 4.79 Å². The van der Waals surface area contributed by atoms with Gasteiger partial charge in [0.15, 0.2) is 0 Å². The molecule has 0 amide bonds. The van der Waals surface area contributed by atoms with Gasteiger partial charge in [0.25, 0.3) is 0 Å². The number of carbonyl (C=O) groups is 1. The minimum absolute atomic E-state index is 0.0276. The molecule has 0 aromatic carbocycles. The Morgan fingerprint density at radius 1 is 1.60 bits per heavy atom. The average molecular weight is 213 g/mol. The number of rotatable bonds is 4. The van der Waals surface area contributed by atoms with Crippen molar-refractivity contribution >= 4 is 5.97 Å². The first kappa shape index (κ1) is 12.5. The van der Waals surface area contributed by atoms with Crippen molar-refractivity contribution in [2.24, 2.45) is 17.3 Å². The van der Waals surface area contributed by atoms with E-state index in [-0.39, 0.29) is 17.3 Å². The second-order valence-electron chi connectivity index (χ2n) is 5.19. The van der Waals surface area contributed by atoms with Crippen LogP contribution in [0, 0.1) is 17.3 Å². The number of esters is 1. The highest BCUT2D eigenvalue weighted by atomic mass is 16.5. The molecule has 0 radical (unpaired) electrons. The van der Waals surface area contributed by atoms with Crippen LogP contribution in [0.25, 0.3) is 0 Å². The fourth-order valence-corrected chi connectivity index (χ4v) is 2.63. The molecule has 2 unspecified atom stereocenters. The Morgan fingerprint density at radius 3 is 2.80 bits per heavy atom. The standard InChI is InChI=1S/C12H23NO2/c1-5-15-11(14)10-7-13-8-12(10,4)6-9(2)3/h9-10,13H,5-8H2,1-4H3. The maximum absolute atomic E-state index is 11.8. The van der Waals surface area contributed by atoms with Crippen LogP contribution in [0.5, 0.6) is 0 Å². The Morgan fingerprint density at radius 2 is 2.27 bits per heavy atom. The lowest BCUT2D eigenvalue weighted by atomic mass is 9.74. The number of hydrogen-bond donors (Lipinski definition) is 1. The molecule has 88 valence electrons. The second kappa shape index (κ2) is 4.97. The molecule has 0 saturated carbocycles. The summed E-state index contributed by atoms with van der Waals surface area (Å²) in [6.45, 7) is 10.6. The monoisotopic (exact) mass is 213 g/mol. The third-order valence-corrected chi connectivity index (χ3v) is 3.16. The fraction of sp³-hybridized carbons (Fsp3) is 0.917. The van der Waals surface area contributed by atoms with Gasteiger partial charge in [-0.25, -0.2) is 0 Å². The highest BCUT2D eigenvalue weighted by Crippen LogP contribution is 2.37. The molecule has 0 bridgehead atoms. The summed E-state index contributed by atoms with van der Waals surface area (Å²) in [7, 11) is 0. The van der Waals surface area contributed by atoms with Crippen molar-refractivity contribution in [3.63, 3.8) is 0 Å². The van der Waals surface area contributed by atoms with Crippen molar-refractivity contribution in [1.82, 2.24) is 5.32 Å². The molecule has 0 spiro atoms. The summed E-state index contributed by atoms with van der Waals surface area (Å²) in [5, 5.41) is 3.31. The summed E-state index contributed by atoms with van der Waals surface area (Å²) in [6.07, 6.45) is 1.07. The zero-order chi connectivity index (χ0) is 11.5. The maximum atomic E-state index is 11.8. The minimum atomic E-state index is -0.0364. The van der Waals surface area contributed by atoms with Crippen molar-refractivity contribution in [2.45, 2.75) is 34.1 Å². The van der Waals surface area contributed by atoms with E-state index in [0.717, 1.165) is 19.5 Å². The summed E-state index contributed by atoms with van der Waals surface area (Å²) >= 11 is 0. The average Bonchev–Trinajstić information content (AvgIpc) is 2.45. The van der Waals surface area contributed by atoms with E-state index in [1.807, 2.05) is 6.92 Å². The van der Waals surface area contributed by atoms with Gasteiger partial charge in [0.1, 0.15) is 0 Å². The van der Waals surface area contributed by atoms with Crippen LogP contribution >= 0.6 is 0 Å². The van der Waals surface area contributed by atoms with Gasteiger partial charge in [0.05, 0.1) is 12.5 Å². The van der Waals surface area contributed by atoms with E-state index in [2.05, 4.69) is 26.1 Å². The molecular weight excluding hydrogens is 190 g/mol. The zero-order valence-corrected chi connectivity index (χ0v) is 10.3. The molecule has 1 fully saturated rings. The van der Waals surface area contributed by atoms with Gasteiger partial charge in [-0.2, -0.15) is 0 Å². The molecule has 1 N–H and O–H groups in total. The fourth-order valence-electron chi connectivity index (χ4n) is 2.63.